The Labute approximate surface area is 217 Å². The number of halogens is 1. The van der Waals surface area contributed by atoms with Gasteiger partial charge in [-0.15, -0.1) is 21.5 Å². The molecule has 0 aliphatic heterocycles. The van der Waals surface area contributed by atoms with Crippen LogP contribution in [0.5, 0.6) is 0 Å². The van der Waals surface area contributed by atoms with Gasteiger partial charge in [0.15, 0.2) is 5.16 Å². The van der Waals surface area contributed by atoms with Crippen LogP contribution in [0.25, 0.3) is 5.69 Å². The fourth-order valence-electron chi connectivity index (χ4n) is 4.20. The fraction of sp³-hybridized carbons (Fsp3) is 0.231. The summed E-state index contributed by atoms with van der Waals surface area (Å²) in [5.41, 5.74) is 3.73. The van der Waals surface area contributed by atoms with Crippen LogP contribution < -0.4 is 5.32 Å². The van der Waals surface area contributed by atoms with Crippen molar-refractivity contribution in [1.82, 2.24) is 14.8 Å². The van der Waals surface area contributed by atoms with E-state index in [0.29, 0.717) is 27.2 Å². The SMILES string of the molecule is N#Cc1c(NC(=O)CSc2nnc(Cc3ccccc3)n2-c2ccc(Cl)cc2)sc2c1CCCC2. The van der Waals surface area contributed by atoms with E-state index in [0.717, 1.165) is 48.3 Å². The van der Waals surface area contributed by atoms with Crippen molar-refractivity contribution < 1.29 is 4.79 Å². The minimum atomic E-state index is -0.166. The van der Waals surface area contributed by atoms with Gasteiger partial charge in [-0.2, -0.15) is 5.26 Å². The quantitative estimate of drug-likeness (QED) is 0.300. The maximum Gasteiger partial charge on any atom is 0.235 e. The molecule has 1 amide bonds. The number of carbonyl (C=O) groups is 1. The molecule has 2 aromatic carbocycles. The second kappa shape index (κ2) is 10.6. The number of thiophene rings is 1. The van der Waals surface area contributed by atoms with Gasteiger partial charge in [0, 0.05) is 22.0 Å². The molecule has 0 unspecified atom stereocenters. The second-order valence-electron chi connectivity index (χ2n) is 8.24. The van der Waals surface area contributed by atoms with Gasteiger partial charge >= 0.3 is 0 Å². The molecule has 0 saturated heterocycles. The number of fused-ring (bicyclic) bond motifs is 1. The predicted molar refractivity (Wildman–Crippen MR) is 141 cm³/mol. The van der Waals surface area contributed by atoms with Gasteiger partial charge in [-0.05, 0) is 61.1 Å². The van der Waals surface area contributed by atoms with Crippen LogP contribution in [0, 0.1) is 11.3 Å². The maximum atomic E-state index is 12.8. The molecule has 0 saturated carbocycles. The summed E-state index contributed by atoms with van der Waals surface area (Å²) < 4.78 is 1.96. The molecule has 0 fully saturated rings. The Bertz CT molecular complexity index is 1390. The van der Waals surface area contributed by atoms with Crippen molar-refractivity contribution in [3.63, 3.8) is 0 Å². The van der Waals surface area contributed by atoms with Crippen LogP contribution in [0.1, 0.15) is 40.2 Å². The van der Waals surface area contributed by atoms with E-state index in [4.69, 9.17) is 11.6 Å². The largest absolute Gasteiger partial charge is 0.316 e. The number of thioether (sulfide) groups is 1. The lowest BCUT2D eigenvalue weighted by Crippen LogP contribution is -2.14. The van der Waals surface area contributed by atoms with Crippen molar-refractivity contribution in [3.05, 3.63) is 87.0 Å². The first-order chi connectivity index (χ1) is 17.1. The van der Waals surface area contributed by atoms with Gasteiger partial charge in [0.25, 0.3) is 0 Å². The zero-order valence-corrected chi connectivity index (χ0v) is 21.2. The van der Waals surface area contributed by atoms with Crippen molar-refractivity contribution in [2.45, 2.75) is 37.3 Å². The Kier molecular flexibility index (Phi) is 7.19. The number of rotatable bonds is 7. The van der Waals surface area contributed by atoms with Crippen molar-refractivity contribution >= 4 is 45.6 Å². The lowest BCUT2D eigenvalue weighted by Gasteiger charge is -2.11. The Morgan fingerprint density at radius 2 is 1.89 bits per heavy atom. The number of benzene rings is 2. The van der Waals surface area contributed by atoms with Gasteiger partial charge in [0.1, 0.15) is 16.9 Å². The van der Waals surface area contributed by atoms with Crippen LogP contribution in [0.4, 0.5) is 5.00 Å². The molecular formula is C26H22ClN5OS2. The highest BCUT2D eigenvalue weighted by molar-refractivity contribution is 7.99. The molecule has 176 valence electrons. The molecular weight excluding hydrogens is 498 g/mol. The lowest BCUT2D eigenvalue weighted by atomic mass is 9.96. The summed E-state index contributed by atoms with van der Waals surface area (Å²) in [6.45, 7) is 0. The van der Waals surface area contributed by atoms with E-state index in [1.165, 1.54) is 28.0 Å². The van der Waals surface area contributed by atoms with E-state index >= 15 is 0 Å². The summed E-state index contributed by atoms with van der Waals surface area (Å²) in [6.07, 6.45) is 4.72. The number of aryl methyl sites for hydroxylation is 1. The van der Waals surface area contributed by atoms with Gasteiger partial charge in [0.05, 0.1) is 11.3 Å². The molecule has 2 heterocycles. The number of nitrogens with one attached hydrogen (secondary N) is 1. The van der Waals surface area contributed by atoms with Crippen molar-refractivity contribution in [1.29, 1.82) is 5.26 Å². The van der Waals surface area contributed by atoms with Gasteiger partial charge in [-0.1, -0.05) is 53.7 Å². The number of hydrogen-bond acceptors (Lipinski definition) is 6. The van der Waals surface area contributed by atoms with E-state index in [1.807, 2.05) is 47.0 Å². The smallest absolute Gasteiger partial charge is 0.235 e. The molecule has 0 radical (unpaired) electrons. The molecule has 0 bridgehead atoms. The molecule has 1 aliphatic rings. The second-order valence-corrected chi connectivity index (χ2v) is 10.7. The van der Waals surface area contributed by atoms with Crippen LogP contribution in [0.2, 0.25) is 5.02 Å². The van der Waals surface area contributed by atoms with E-state index in [2.05, 4.69) is 33.7 Å². The summed E-state index contributed by atoms with van der Waals surface area (Å²) in [6, 6.07) is 19.9. The highest BCUT2D eigenvalue weighted by atomic mass is 35.5. The molecule has 0 spiro atoms. The zero-order valence-electron chi connectivity index (χ0n) is 18.8. The van der Waals surface area contributed by atoms with Gasteiger partial charge in [0.2, 0.25) is 5.91 Å². The van der Waals surface area contributed by atoms with Gasteiger partial charge < -0.3 is 5.32 Å². The molecule has 35 heavy (non-hydrogen) atoms. The third kappa shape index (κ3) is 5.27. The molecule has 4 aromatic rings. The van der Waals surface area contributed by atoms with Crippen molar-refractivity contribution in [2.24, 2.45) is 0 Å². The molecule has 5 rings (SSSR count). The number of nitriles is 1. The van der Waals surface area contributed by atoms with E-state index in [1.54, 1.807) is 0 Å². The highest BCUT2D eigenvalue weighted by Gasteiger charge is 2.22. The van der Waals surface area contributed by atoms with Crippen LogP contribution in [0.15, 0.2) is 59.8 Å². The summed E-state index contributed by atoms with van der Waals surface area (Å²) >= 11 is 8.96. The Morgan fingerprint density at radius 3 is 2.66 bits per heavy atom. The van der Waals surface area contributed by atoms with Crippen LogP contribution in [-0.2, 0) is 24.1 Å². The average molecular weight is 520 g/mol. The zero-order chi connectivity index (χ0) is 24.2. The molecule has 2 aromatic heterocycles. The Hall–Kier alpha value is -3.12. The number of anilines is 1. The van der Waals surface area contributed by atoms with Crippen LogP contribution in [0.3, 0.4) is 0 Å². The van der Waals surface area contributed by atoms with Crippen molar-refractivity contribution in [3.8, 4) is 11.8 Å². The predicted octanol–water partition coefficient (Wildman–Crippen LogP) is 6.05. The highest BCUT2D eigenvalue weighted by Crippen LogP contribution is 2.37. The summed E-state index contributed by atoms with van der Waals surface area (Å²) in [4.78, 5) is 14.1. The molecule has 6 nitrogen and oxygen atoms in total. The van der Waals surface area contributed by atoms with Gasteiger partial charge in [-0.3, -0.25) is 9.36 Å². The fourth-order valence-corrected chi connectivity index (χ4v) is 6.35. The number of hydrogen-bond donors (Lipinski definition) is 1. The molecule has 1 aliphatic carbocycles. The normalized spacial score (nSPS) is 12.7. The van der Waals surface area contributed by atoms with Crippen LogP contribution >= 0.6 is 34.7 Å². The van der Waals surface area contributed by atoms with Gasteiger partial charge in [-0.25, -0.2) is 0 Å². The average Bonchev–Trinajstić information content (AvgIpc) is 3.44. The van der Waals surface area contributed by atoms with Crippen molar-refractivity contribution in [2.75, 3.05) is 11.1 Å². The van der Waals surface area contributed by atoms with E-state index in [-0.39, 0.29) is 11.7 Å². The minimum absolute atomic E-state index is 0.157. The first-order valence-electron chi connectivity index (χ1n) is 11.3. The van der Waals surface area contributed by atoms with Crippen LogP contribution in [-0.4, -0.2) is 26.4 Å². The summed E-state index contributed by atoms with van der Waals surface area (Å²) in [7, 11) is 0. The Morgan fingerprint density at radius 1 is 1.11 bits per heavy atom. The first kappa shape index (κ1) is 23.6. The third-order valence-electron chi connectivity index (χ3n) is 5.86. The van der Waals surface area contributed by atoms with E-state index in [9.17, 15) is 10.1 Å². The number of carbonyl (C=O) groups excluding carboxylic acids is 1. The Balaban J connectivity index is 1.35. The minimum Gasteiger partial charge on any atom is -0.316 e. The third-order valence-corrected chi connectivity index (χ3v) is 8.25. The topological polar surface area (TPSA) is 83.6 Å². The first-order valence-corrected chi connectivity index (χ1v) is 13.5. The standard InChI is InChI=1S/C26H22ClN5OS2/c27-18-10-12-19(13-11-18)32-23(14-17-6-2-1-3-7-17)30-31-26(32)34-16-24(33)29-25-21(15-28)20-8-4-5-9-22(20)35-25/h1-3,6-7,10-13H,4-5,8-9,14,16H2,(H,29,33). The molecule has 9 heteroatoms. The summed E-state index contributed by atoms with van der Waals surface area (Å²) in [5, 5.41) is 23.4. The number of aromatic nitrogens is 3. The molecule has 1 N–H and O–H groups in total. The lowest BCUT2D eigenvalue weighted by molar-refractivity contribution is -0.113. The summed E-state index contributed by atoms with van der Waals surface area (Å²) in [5.74, 6) is 0.768. The number of amides is 1. The van der Waals surface area contributed by atoms with E-state index < -0.39 is 0 Å². The monoisotopic (exact) mass is 519 g/mol. The maximum absolute atomic E-state index is 12.8. The number of nitrogens with zero attached hydrogens (tertiary/aromatic N) is 4. The molecule has 0 atom stereocenters.